The third-order valence-corrected chi connectivity index (χ3v) is 5.15. The molecule has 1 aliphatic rings. The predicted octanol–water partition coefficient (Wildman–Crippen LogP) is 5.18. The van der Waals surface area contributed by atoms with Crippen LogP contribution in [0.25, 0.3) is 11.4 Å². The normalized spacial score (nSPS) is 15.5. The zero-order valence-corrected chi connectivity index (χ0v) is 15.9. The molecule has 1 aliphatic heterocycles. The average Bonchev–Trinajstić information content (AvgIpc) is 2.64. The average molecular weight is 362 g/mol. The van der Waals surface area contributed by atoms with Crippen LogP contribution < -0.4 is 0 Å². The zero-order chi connectivity index (χ0) is 18.1. The van der Waals surface area contributed by atoms with Gasteiger partial charge in [0.15, 0.2) is 0 Å². The third kappa shape index (κ3) is 3.35. The Labute approximate surface area is 159 Å². The summed E-state index contributed by atoms with van der Waals surface area (Å²) in [5.41, 5.74) is 4.42. The molecule has 2 aromatic carbocycles. The van der Waals surface area contributed by atoms with E-state index in [9.17, 15) is 0 Å². The Balaban J connectivity index is 1.94. The van der Waals surface area contributed by atoms with Crippen molar-refractivity contribution in [2.45, 2.75) is 39.0 Å². The van der Waals surface area contributed by atoms with Gasteiger partial charge in [0.2, 0.25) is 0 Å². The van der Waals surface area contributed by atoms with Crippen LogP contribution in [0, 0.1) is 4.64 Å². The first-order chi connectivity index (χ1) is 12.5. The van der Waals surface area contributed by atoms with Crippen molar-refractivity contribution in [2.75, 3.05) is 0 Å². The van der Waals surface area contributed by atoms with Crippen molar-refractivity contribution in [1.29, 1.82) is 0 Å². The first-order valence-electron chi connectivity index (χ1n) is 8.89. The van der Waals surface area contributed by atoms with E-state index in [4.69, 9.17) is 21.9 Å². The van der Waals surface area contributed by atoms with Gasteiger partial charge in [0, 0.05) is 29.8 Å². The van der Waals surface area contributed by atoms with Gasteiger partial charge in [-0.15, -0.1) is 0 Å². The van der Waals surface area contributed by atoms with Gasteiger partial charge >= 0.3 is 0 Å². The number of rotatable bonds is 3. The van der Waals surface area contributed by atoms with Gasteiger partial charge in [0.1, 0.15) is 10.5 Å². The summed E-state index contributed by atoms with van der Waals surface area (Å²) in [4.78, 5) is 4.80. The molecule has 0 bridgehead atoms. The molecule has 0 saturated carbocycles. The van der Waals surface area contributed by atoms with E-state index in [1.807, 2.05) is 24.3 Å². The van der Waals surface area contributed by atoms with Crippen LogP contribution in [0.15, 0.2) is 60.7 Å². The lowest BCUT2D eigenvalue weighted by atomic mass is 9.95. The quantitative estimate of drug-likeness (QED) is 0.601. The molecular weight excluding hydrogens is 340 g/mol. The summed E-state index contributed by atoms with van der Waals surface area (Å²) in [6, 6.07) is 20.8. The van der Waals surface area contributed by atoms with Gasteiger partial charge in [0.05, 0.1) is 12.2 Å². The summed E-state index contributed by atoms with van der Waals surface area (Å²) in [5.74, 6) is 0.927. The highest BCUT2D eigenvalue weighted by Crippen LogP contribution is 2.31. The Hall–Kier alpha value is -2.30. The van der Waals surface area contributed by atoms with E-state index >= 15 is 0 Å². The number of ether oxygens (including phenoxy) is 1. The molecule has 4 heteroatoms. The van der Waals surface area contributed by atoms with Crippen LogP contribution in [0.5, 0.6) is 0 Å². The number of benzene rings is 2. The Morgan fingerprint density at radius 2 is 1.69 bits per heavy atom. The van der Waals surface area contributed by atoms with Crippen molar-refractivity contribution < 1.29 is 4.74 Å². The minimum atomic E-state index is -0.206. The van der Waals surface area contributed by atoms with Crippen molar-refractivity contribution in [3.05, 3.63) is 82.1 Å². The fraction of sp³-hybridized carbons (Fsp3) is 0.273. The molecule has 26 heavy (non-hydrogen) atoms. The van der Waals surface area contributed by atoms with E-state index in [1.165, 1.54) is 11.3 Å². The summed E-state index contributed by atoms with van der Waals surface area (Å²) in [6.07, 6.45) is 0.821. The highest BCUT2D eigenvalue weighted by molar-refractivity contribution is 7.71. The van der Waals surface area contributed by atoms with E-state index in [2.05, 4.69) is 54.8 Å². The standard InChI is InChI=1S/C22H22N2OS/c1-22(2)13-19-18(15-25-22)21(26)23-20(17-11-7-4-8-12-17)24(19)14-16-9-5-3-6-10-16/h3-12H,13-15H2,1-2H3. The Kier molecular flexibility index (Phi) is 4.47. The lowest BCUT2D eigenvalue weighted by Crippen LogP contribution is -2.35. The molecule has 0 amide bonds. The molecule has 2 heterocycles. The topological polar surface area (TPSA) is 27.1 Å². The molecule has 0 radical (unpaired) electrons. The second-order valence-corrected chi connectivity index (χ2v) is 7.72. The molecule has 3 aromatic rings. The number of nitrogens with zero attached hydrogens (tertiary/aromatic N) is 2. The molecule has 132 valence electrons. The molecule has 0 aliphatic carbocycles. The van der Waals surface area contributed by atoms with Crippen LogP contribution in [0.3, 0.4) is 0 Å². The third-order valence-electron chi connectivity index (χ3n) is 4.81. The largest absolute Gasteiger partial charge is 0.370 e. The maximum Gasteiger partial charge on any atom is 0.142 e. The van der Waals surface area contributed by atoms with E-state index in [0.717, 1.165) is 29.9 Å². The molecule has 0 fully saturated rings. The molecule has 4 rings (SSSR count). The zero-order valence-electron chi connectivity index (χ0n) is 15.1. The van der Waals surface area contributed by atoms with Crippen molar-refractivity contribution in [1.82, 2.24) is 9.55 Å². The van der Waals surface area contributed by atoms with Gasteiger partial charge in [0.25, 0.3) is 0 Å². The smallest absolute Gasteiger partial charge is 0.142 e. The SMILES string of the molecule is CC1(C)Cc2c(c(=S)nc(-c3ccccc3)n2Cc2ccccc2)CO1. The maximum atomic E-state index is 6.00. The Morgan fingerprint density at radius 1 is 1.04 bits per heavy atom. The summed E-state index contributed by atoms with van der Waals surface area (Å²) in [7, 11) is 0. The van der Waals surface area contributed by atoms with Crippen LogP contribution in [-0.4, -0.2) is 15.2 Å². The second-order valence-electron chi connectivity index (χ2n) is 7.33. The Bertz CT molecular complexity index is 978. The predicted molar refractivity (Wildman–Crippen MR) is 107 cm³/mol. The summed E-state index contributed by atoms with van der Waals surface area (Å²) in [6.45, 7) is 5.56. The second kappa shape index (κ2) is 6.78. The van der Waals surface area contributed by atoms with Gasteiger partial charge in [-0.25, -0.2) is 4.98 Å². The molecule has 0 atom stereocenters. The molecule has 1 aromatic heterocycles. The lowest BCUT2D eigenvalue weighted by Gasteiger charge is -2.34. The summed E-state index contributed by atoms with van der Waals surface area (Å²) >= 11 is 5.62. The first kappa shape index (κ1) is 17.1. The van der Waals surface area contributed by atoms with Gasteiger partial charge in [-0.1, -0.05) is 72.9 Å². The van der Waals surface area contributed by atoms with Crippen LogP contribution in [-0.2, 0) is 24.3 Å². The fourth-order valence-electron chi connectivity index (χ4n) is 3.45. The number of fused-ring (bicyclic) bond motifs is 1. The molecule has 3 nitrogen and oxygen atoms in total. The van der Waals surface area contributed by atoms with Crippen LogP contribution in [0.4, 0.5) is 0 Å². The molecule has 0 saturated heterocycles. The van der Waals surface area contributed by atoms with Crippen LogP contribution in [0.2, 0.25) is 0 Å². The van der Waals surface area contributed by atoms with Crippen molar-refractivity contribution >= 4 is 12.2 Å². The maximum absolute atomic E-state index is 6.00. The van der Waals surface area contributed by atoms with E-state index in [1.54, 1.807) is 0 Å². The summed E-state index contributed by atoms with van der Waals surface area (Å²) in [5, 5.41) is 0. The van der Waals surface area contributed by atoms with Crippen LogP contribution in [0.1, 0.15) is 30.7 Å². The fourth-order valence-corrected chi connectivity index (χ4v) is 3.71. The van der Waals surface area contributed by atoms with Crippen molar-refractivity contribution in [3.8, 4) is 11.4 Å². The first-order valence-corrected chi connectivity index (χ1v) is 9.30. The van der Waals surface area contributed by atoms with Gasteiger partial charge < -0.3 is 9.30 Å². The van der Waals surface area contributed by atoms with E-state index in [-0.39, 0.29) is 5.60 Å². The van der Waals surface area contributed by atoms with E-state index in [0.29, 0.717) is 11.2 Å². The lowest BCUT2D eigenvalue weighted by molar-refractivity contribution is -0.0427. The minimum absolute atomic E-state index is 0.206. The number of hydrogen-bond donors (Lipinski definition) is 0. The monoisotopic (exact) mass is 362 g/mol. The summed E-state index contributed by atoms with van der Waals surface area (Å²) < 4.78 is 8.97. The Morgan fingerprint density at radius 3 is 2.38 bits per heavy atom. The highest BCUT2D eigenvalue weighted by Gasteiger charge is 2.30. The minimum Gasteiger partial charge on any atom is -0.370 e. The van der Waals surface area contributed by atoms with E-state index < -0.39 is 0 Å². The van der Waals surface area contributed by atoms with Gasteiger partial charge in [-0.2, -0.15) is 0 Å². The number of aromatic nitrogens is 2. The number of hydrogen-bond acceptors (Lipinski definition) is 3. The van der Waals surface area contributed by atoms with Crippen molar-refractivity contribution in [2.24, 2.45) is 0 Å². The highest BCUT2D eigenvalue weighted by atomic mass is 32.1. The van der Waals surface area contributed by atoms with Crippen LogP contribution >= 0.6 is 12.2 Å². The molecule has 0 unspecified atom stereocenters. The van der Waals surface area contributed by atoms with Gasteiger partial charge in [-0.3, -0.25) is 0 Å². The van der Waals surface area contributed by atoms with Crippen molar-refractivity contribution in [3.63, 3.8) is 0 Å². The molecule has 0 spiro atoms. The molecular formula is C22H22N2OS. The molecule has 0 N–H and O–H groups in total. The van der Waals surface area contributed by atoms with Gasteiger partial charge in [-0.05, 0) is 19.4 Å².